The third-order valence-corrected chi connectivity index (χ3v) is 3.71. The minimum atomic E-state index is -0.842. The first-order valence-electron chi connectivity index (χ1n) is 7.42. The van der Waals surface area contributed by atoms with Crippen LogP contribution in [0.3, 0.4) is 0 Å². The van der Waals surface area contributed by atoms with Gasteiger partial charge in [-0.3, -0.25) is 4.79 Å². The van der Waals surface area contributed by atoms with Crippen molar-refractivity contribution in [1.82, 2.24) is 9.80 Å². The fourth-order valence-corrected chi connectivity index (χ4v) is 2.76. The average Bonchev–Trinajstić information content (AvgIpc) is 2.82. The lowest BCUT2D eigenvalue weighted by atomic mass is 10.0. The van der Waals surface area contributed by atoms with Crippen LogP contribution in [0.2, 0.25) is 0 Å². The van der Waals surface area contributed by atoms with Crippen LogP contribution in [0.1, 0.15) is 12.8 Å². The minimum absolute atomic E-state index is 0.0778. The van der Waals surface area contributed by atoms with Gasteiger partial charge in [0.1, 0.15) is 0 Å². The van der Waals surface area contributed by atoms with E-state index < -0.39 is 11.4 Å². The maximum atomic E-state index is 13.4. The van der Waals surface area contributed by atoms with E-state index in [9.17, 15) is 14.3 Å². The van der Waals surface area contributed by atoms with Crippen LogP contribution in [-0.4, -0.2) is 66.8 Å². The summed E-state index contributed by atoms with van der Waals surface area (Å²) in [7, 11) is 3.79. The lowest BCUT2D eigenvalue weighted by molar-refractivity contribution is -0.131. The zero-order chi connectivity index (χ0) is 16.2. The van der Waals surface area contributed by atoms with Crippen molar-refractivity contribution < 1.29 is 19.0 Å². The largest absolute Gasteiger partial charge is 0.490 e. The van der Waals surface area contributed by atoms with Gasteiger partial charge in [0.2, 0.25) is 5.91 Å². The third kappa shape index (κ3) is 4.42. The number of likely N-dealkylation sites (N-methyl/N-ethyl adjacent to an activating group) is 1. The Balaban J connectivity index is 1.78. The highest BCUT2D eigenvalue weighted by Gasteiger charge is 2.38. The molecule has 1 aromatic rings. The summed E-state index contributed by atoms with van der Waals surface area (Å²) in [5.74, 6) is -0.358. The molecule has 0 saturated carbocycles. The van der Waals surface area contributed by atoms with Gasteiger partial charge in [-0.1, -0.05) is 12.1 Å². The van der Waals surface area contributed by atoms with Crippen LogP contribution in [-0.2, 0) is 4.79 Å². The number of hydrogen-bond acceptors (Lipinski definition) is 4. The molecule has 1 fully saturated rings. The van der Waals surface area contributed by atoms with Crippen LogP contribution in [0.25, 0.3) is 0 Å². The van der Waals surface area contributed by atoms with Crippen molar-refractivity contribution in [3.8, 4) is 5.75 Å². The molecule has 0 aliphatic carbocycles. The highest BCUT2D eigenvalue weighted by molar-refractivity contribution is 5.76. The van der Waals surface area contributed by atoms with Crippen molar-refractivity contribution in [3.63, 3.8) is 0 Å². The fourth-order valence-electron chi connectivity index (χ4n) is 2.76. The van der Waals surface area contributed by atoms with E-state index in [1.807, 2.05) is 19.0 Å². The molecule has 5 nitrogen and oxygen atoms in total. The minimum Gasteiger partial charge on any atom is -0.490 e. The van der Waals surface area contributed by atoms with Gasteiger partial charge < -0.3 is 19.6 Å². The molecule has 1 atom stereocenters. The molecule has 122 valence electrons. The van der Waals surface area contributed by atoms with Gasteiger partial charge in [0, 0.05) is 13.1 Å². The number of carbonyl (C=O) groups excluding carboxylic acids is 1. The first-order chi connectivity index (χ1) is 10.4. The summed E-state index contributed by atoms with van der Waals surface area (Å²) >= 11 is 0. The number of β-amino-alcohol motifs (C(OH)–C–C–N with tert-alkyl or cyclic N) is 1. The second-order valence-corrected chi connectivity index (χ2v) is 6.06. The van der Waals surface area contributed by atoms with E-state index >= 15 is 0 Å². The highest BCUT2D eigenvalue weighted by atomic mass is 19.1. The number of nitrogens with zero attached hydrogens (tertiary/aromatic N) is 2. The van der Waals surface area contributed by atoms with Gasteiger partial charge in [-0.25, -0.2) is 4.39 Å². The van der Waals surface area contributed by atoms with Gasteiger partial charge in [0.05, 0.1) is 25.2 Å². The van der Waals surface area contributed by atoms with Gasteiger partial charge >= 0.3 is 0 Å². The number of para-hydroxylation sites is 1. The summed E-state index contributed by atoms with van der Waals surface area (Å²) in [6, 6.07) is 6.12. The summed E-state index contributed by atoms with van der Waals surface area (Å²) < 4.78 is 18.7. The highest BCUT2D eigenvalue weighted by Crippen LogP contribution is 2.22. The molecule has 1 saturated heterocycles. The molecular weight excluding hydrogens is 287 g/mol. The first-order valence-corrected chi connectivity index (χ1v) is 7.42. The Kier molecular flexibility index (Phi) is 5.37. The van der Waals surface area contributed by atoms with Gasteiger partial charge in [-0.15, -0.1) is 0 Å². The Morgan fingerprint density at radius 1 is 1.45 bits per heavy atom. The molecule has 0 aromatic heterocycles. The van der Waals surface area contributed by atoms with E-state index in [2.05, 4.69) is 0 Å². The molecule has 1 aliphatic rings. The van der Waals surface area contributed by atoms with Gasteiger partial charge in [0.15, 0.2) is 11.6 Å². The first kappa shape index (κ1) is 16.7. The number of ether oxygens (including phenoxy) is 1. The summed E-state index contributed by atoms with van der Waals surface area (Å²) in [5, 5.41) is 10.4. The number of likely N-dealkylation sites (tertiary alicyclic amines) is 1. The molecule has 0 radical (unpaired) electrons. The predicted molar refractivity (Wildman–Crippen MR) is 81.2 cm³/mol. The normalized spacial score (nSPS) is 21.4. The SMILES string of the molecule is CN(C)C[C@]1(O)CCN(C(=O)CCOc2ccccc2F)C1. The molecule has 1 heterocycles. The monoisotopic (exact) mass is 310 g/mol. The number of hydrogen-bond donors (Lipinski definition) is 1. The number of benzene rings is 1. The van der Waals surface area contributed by atoms with E-state index in [0.717, 1.165) is 0 Å². The van der Waals surface area contributed by atoms with Crippen LogP contribution >= 0.6 is 0 Å². The smallest absolute Gasteiger partial charge is 0.226 e. The number of carbonyl (C=O) groups is 1. The van der Waals surface area contributed by atoms with Gasteiger partial charge in [0.25, 0.3) is 0 Å². The summed E-state index contributed by atoms with van der Waals surface area (Å²) in [5.41, 5.74) is -0.842. The van der Waals surface area contributed by atoms with Crippen molar-refractivity contribution in [3.05, 3.63) is 30.1 Å². The summed E-state index contributed by atoms with van der Waals surface area (Å²) in [4.78, 5) is 15.7. The predicted octanol–water partition coefficient (Wildman–Crippen LogP) is 1.12. The van der Waals surface area contributed by atoms with Crippen LogP contribution in [0.15, 0.2) is 24.3 Å². The maximum absolute atomic E-state index is 13.4. The van der Waals surface area contributed by atoms with Crippen molar-refractivity contribution in [1.29, 1.82) is 0 Å². The van der Waals surface area contributed by atoms with Crippen LogP contribution in [0, 0.1) is 5.82 Å². The molecule has 0 unspecified atom stereocenters. The third-order valence-electron chi connectivity index (χ3n) is 3.71. The number of aliphatic hydroxyl groups is 1. The van der Waals surface area contributed by atoms with Crippen molar-refractivity contribution in [2.24, 2.45) is 0 Å². The zero-order valence-corrected chi connectivity index (χ0v) is 13.1. The van der Waals surface area contributed by atoms with Crippen LogP contribution < -0.4 is 4.74 Å². The molecule has 6 heteroatoms. The number of halogens is 1. The zero-order valence-electron chi connectivity index (χ0n) is 13.1. The van der Waals surface area contributed by atoms with E-state index in [-0.39, 0.29) is 24.7 Å². The van der Waals surface area contributed by atoms with Crippen molar-refractivity contribution >= 4 is 5.91 Å². The van der Waals surface area contributed by atoms with Crippen molar-refractivity contribution in [2.75, 3.05) is 40.3 Å². The molecule has 1 amide bonds. The quantitative estimate of drug-likeness (QED) is 0.855. The molecule has 22 heavy (non-hydrogen) atoms. The standard InChI is InChI=1S/C16H23FN2O3/c1-18(2)11-16(21)8-9-19(12-16)15(20)7-10-22-14-6-4-3-5-13(14)17/h3-6,21H,7-12H2,1-2H3/t16-/m1/s1. The van der Waals surface area contributed by atoms with E-state index in [0.29, 0.717) is 26.1 Å². The number of amides is 1. The van der Waals surface area contributed by atoms with E-state index in [1.165, 1.54) is 12.1 Å². The van der Waals surface area contributed by atoms with Crippen LogP contribution in [0.5, 0.6) is 5.75 Å². The van der Waals surface area contributed by atoms with Gasteiger partial charge in [-0.2, -0.15) is 0 Å². The molecular formula is C16H23FN2O3. The second-order valence-electron chi connectivity index (χ2n) is 6.06. The summed E-state index contributed by atoms with van der Waals surface area (Å²) in [6.45, 7) is 1.54. The molecule has 2 rings (SSSR count). The lowest BCUT2D eigenvalue weighted by Crippen LogP contribution is -2.43. The topological polar surface area (TPSA) is 53.0 Å². The van der Waals surface area contributed by atoms with Crippen molar-refractivity contribution in [2.45, 2.75) is 18.4 Å². The maximum Gasteiger partial charge on any atom is 0.226 e. The Bertz CT molecular complexity index is 524. The molecule has 1 aliphatic heterocycles. The van der Waals surface area contributed by atoms with E-state index in [4.69, 9.17) is 4.74 Å². The van der Waals surface area contributed by atoms with Crippen LogP contribution in [0.4, 0.5) is 4.39 Å². The molecule has 1 N–H and O–H groups in total. The average molecular weight is 310 g/mol. The molecule has 0 bridgehead atoms. The fraction of sp³-hybridized carbons (Fsp3) is 0.562. The Labute approximate surface area is 130 Å². The Hall–Kier alpha value is -1.66. The summed E-state index contributed by atoms with van der Waals surface area (Å²) in [6.07, 6.45) is 0.747. The Morgan fingerprint density at radius 3 is 2.86 bits per heavy atom. The molecule has 0 spiro atoms. The molecule has 1 aromatic carbocycles. The van der Waals surface area contributed by atoms with E-state index in [1.54, 1.807) is 17.0 Å². The lowest BCUT2D eigenvalue weighted by Gasteiger charge is -2.26. The number of rotatable bonds is 6. The second kappa shape index (κ2) is 7.07. The van der Waals surface area contributed by atoms with Gasteiger partial charge in [-0.05, 0) is 32.6 Å². The Morgan fingerprint density at radius 2 is 2.18 bits per heavy atom.